The fourth-order valence-corrected chi connectivity index (χ4v) is 8.84. The van der Waals surface area contributed by atoms with Crippen LogP contribution in [0.4, 0.5) is 0 Å². The summed E-state index contributed by atoms with van der Waals surface area (Å²) in [4.78, 5) is 38.8. The van der Waals surface area contributed by atoms with Crippen LogP contribution < -0.4 is 5.32 Å². The highest BCUT2D eigenvalue weighted by Crippen LogP contribution is 2.67. The van der Waals surface area contributed by atoms with Crippen molar-refractivity contribution in [2.45, 2.75) is 133 Å². The van der Waals surface area contributed by atoms with Gasteiger partial charge in [0.2, 0.25) is 5.91 Å². The summed E-state index contributed by atoms with van der Waals surface area (Å²) in [5.41, 5.74) is -0.512. The second-order valence-electron chi connectivity index (χ2n) is 15.8. The molecule has 222 valence electrons. The van der Waals surface area contributed by atoms with Crippen molar-refractivity contribution in [1.82, 2.24) is 5.32 Å². The maximum Gasteiger partial charge on any atom is 0.220 e. The average molecular weight is 551 g/mol. The Balaban J connectivity index is 2.07. The van der Waals surface area contributed by atoms with Crippen molar-refractivity contribution in [1.29, 1.82) is 5.26 Å². The molecule has 3 aliphatic rings. The van der Waals surface area contributed by atoms with E-state index in [1.54, 1.807) is 6.92 Å². The van der Waals surface area contributed by atoms with Crippen molar-refractivity contribution in [3.63, 3.8) is 0 Å². The topological polar surface area (TPSA) is 87.0 Å². The molecule has 0 saturated heterocycles. The van der Waals surface area contributed by atoms with Crippen LogP contribution in [-0.2, 0) is 14.4 Å². The number of hydrogen-bond acceptors (Lipinski definition) is 4. The molecule has 1 unspecified atom stereocenters. The van der Waals surface area contributed by atoms with Crippen LogP contribution in [0.2, 0.25) is 0 Å². The van der Waals surface area contributed by atoms with Gasteiger partial charge in [-0.25, -0.2) is 0 Å². The average Bonchev–Trinajstić information content (AvgIpc) is 2.84. The van der Waals surface area contributed by atoms with E-state index in [-0.39, 0.29) is 50.7 Å². The predicted octanol–water partition coefficient (Wildman–Crippen LogP) is 7.90. The molecular formula is C35H54N2O3. The number of nitriles is 1. The molecule has 40 heavy (non-hydrogen) atoms. The quantitative estimate of drug-likeness (QED) is 0.326. The molecule has 0 aromatic carbocycles. The molecule has 0 bridgehead atoms. The van der Waals surface area contributed by atoms with E-state index in [1.807, 2.05) is 32.9 Å². The van der Waals surface area contributed by atoms with Gasteiger partial charge in [0.05, 0.1) is 5.57 Å². The SMILES string of the molecule is CCC(=O)N[C@]1(CCC(C)(C)[C@]2(C)CC[C@H]3C(C)(C)C(=O)C(C#N)=C[C@]3(C)/C2=C/C(C)=O)CCC(C)(C)CC1C. The highest BCUT2D eigenvalue weighted by atomic mass is 16.2. The highest BCUT2D eigenvalue weighted by Gasteiger charge is 2.61. The Morgan fingerprint density at radius 3 is 2.27 bits per heavy atom. The zero-order valence-corrected chi connectivity index (χ0v) is 27.1. The summed E-state index contributed by atoms with van der Waals surface area (Å²) in [7, 11) is 0. The van der Waals surface area contributed by atoms with Crippen molar-refractivity contribution in [3.05, 3.63) is 23.3 Å². The van der Waals surface area contributed by atoms with Gasteiger partial charge < -0.3 is 5.32 Å². The van der Waals surface area contributed by atoms with Crippen molar-refractivity contribution in [2.75, 3.05) is 0 Å². The van der Waals surface area contributed by atoms with Gasteiger partial charge in [-0.2, -0.15) is 5.26 Å². The Labute approximate surface area is 243 Å². The largest absolute Gasteiger partial charge is 0.350 e. The first-order chi connectivity index (χ1) is 18.2. The van der Waals surface area contributed by atoms with E-state index in [1.165, 1.54) is 0 Å². The number of Topliss-reactive ketones (excluding diaryl/α,β-unsaturated/α-hetero) is 1. The van der Waals surface area contributed by atoms with Crippen LogP contribution in [0.15, 0.2) is 23.3 Å². The number of fused-ring (bicyclic) bond motifs is 1. The first-order valence-corrected chi connectivity index (χ1v) is 15.4. The Bertz CT molecular complexity index is 1170. The maximum atomic E-state index is 13.3. The van der Waals surface area contributed by atoms with E-state index >= 15 is 0 Å². The number of carbonyl (C=O) groups is 3. The summed E-state index contributed by atoms with van der Waals surface area (Å²) in [6, 6.07) is 2.17. The number of amides is 1. The number of allylic oxidation sites excluding steroid dienone is 4. The minimum Gasteiger partial charge on any atom is -0.350 e. The lowest BCUT2D eigenvalue weighted by Gasteiger charge is -2.61. The van der Waals surface area contributed by atoms with Crippen molar-refractivity contribution in [3.8, 4) is 6.07 Å². The van der Waals surface area contributed by atoms with Gasteiger partial charge in [-0.3, -0.25) is 14.4 Å². The lowest BCUT2D eigenvalue weighted by atomic mass is 9.42. The van der Waals surface area contributed by atoms with Gasteiger partial charge in [0.15, 0.2) is 11.6 Å². The lowest BCUT2D eigenvalue weighted by Crippen LogP contribution is -2.58. The van der Waals surface area contributed by atoms with Crippen LogP contribution in [0.1, 0.15) is 128 Å². The van der Waals surface area contributed by atoms with Gasteiger partial charge in [-0.05, 0) is 86.0 Å². The fourth-order valence-electron chi connectivity index (χ4n) is 8.84. The van der Waals surface area contributed by atoms with Crippen LogP contribution >= 0.6 is 0 Å². The summed E-state index contributed by atoms with van der Waals surface area (Å²) in [6.45, 7) is 23.5. The first kappa shape index (κ1) is 32.3. The van der Waals surface area contributed by atoms with Crippen LogP contribution in [-0.4, -0.2) is 23.0 Å². The van der Waals surface area contributed by atoms with Gasteiger partial charge in [0.25, 0.3) is 0 Å². The zero-order valence-electron chi connectivity index (χ0n) is 27.1. The van der Waals surface area contributed by atoms with Crippen molar-refractivity contribution in [2.24, 2.45) is 38.9 Å². The molecule has 0 aromatic heterocycles. The molecule has 0 aliphatic heterocycles. The number of rotatable bonds is 7. The van der Waals surface area contributed by atoms with E-state index in [0.29, 0.717) is 12.3 Å². The lowest BCUT2D eigenvalue weighted by molar-refractivity contribution is -0.132. The second-order valence-corrected chi connectivity index (χ2v) is 15.8. The molecule has 5 heteroatoms. The smallest absolute Gasteiger partial charge is 0.220 e. The molecule has 0 spiro atoms. The number of nitrogens with one attached hydrogen (secondary N) is 1. The molecule has 5 atom stereocenters. The van der Waals surface area contributed by atoms with Crippen LogP contribution in [0, 0.1) is 50.2 Å². The third-order valence-electron chi connectivity index (χ3n) is 11.9. The number of hydrogen-bond donors (Lipinski definition) is 1. The van der Waals surface area contributed by atoms with Crippen molar-refractivity contribution >= 4 is 17.5 Å². The molecule has 2 saturated carbocycles. The fraction of sp³-hybridized carbons (Fsp3) is 0.771. The van der Waals surface area contributed by atoms with Crippen LogP contribution in [0.5, 0.6) is 0 Å². The summed E-state index contributed by atoms with van der Waals surface area (Å²) in [5.74, 6) is 0.390. The Kier molecular flexibility index (Phi) is 8.53. The Morgan fingerprint density at radius 2 is 1.75 bits per heavy atom. The predicted molar refractivity (Wildman–Crippen MR) is 161 cm³/mol. The molecule has 0 heterocycles. The molecule has 0 radical (unpaired) electrons. The molecule has 3 aliphatic carbocycles. The normalized spacial score (nSPS) is 36.3. The summed E-state index contributed by atoms with van der Waals surface area (Å²) in [5, 5.41) is 13.4. The maximum absolute atomic E-state index is 13.3. The van der Waals surface area contributed by atoms with Crippen molar-refractivity contribution < 1.29 is 14.4 Å². The minimum absolute atomic E-state index is 0.00433. The molecule has 5 nitrogen and oxygen atoms in total. The summed E-state index contributed by atoms with van der Waals surface area (Å²) >= 11 is 0. The molecule has 1 amide bonds. The van der Waals surface area contributed by atoms with E-state index in [9.17, 15) is 19.6 Å². The van der Waals surface area contributed by atoms with Gasteiger partial charge in [0.1, 0.15) is 6.07 Å². The Hall–Kier alpha value is -2.22. The molecule has 3 rings (SSSR count). The number of carbonyl (C=O) groups excluding carboxylic acids is 3. The molecular weight excluding hydrogens is 496 g/mol. The van der Waals surface area contributed by atoms with Crippen LogP contribution in [0.25, 0.3) is 0 Å². The van der Waals surface area contributed by atoms with E-state index in [0.717, 1.165) is 50.5 Å². The number of ketones is 2. The van der Waals surface area contributed by atoms with Gasteiger partial charge in [-0.15, -0.1) is 0 Å². The monoisotopic (exact) mass is 550 g/mol. The highest BCUT2D eigenvalue weighted by molar-refractivity contribution is 6.04. The van der Waals surface area contributed by atoms with Crippen LogP contribution in [0.3, 0.4) is 0 Å². The van der Waals surface area contributed by atoms with E-state index < -0.39 is 10.8 Å². The zero-order chi connectivity index (χ0) is 30.5. The standard InChI is InChI=1S/C35H54N2O3/c1-12-28(39)37-35(17-15-30(4,5)20-23(35)2)18-16-31(6,7)34(11)14-13-26-32(8,9)29(40)25(22-36)21-33(26,10)27(34)19-24(3)38/h19,21,23,26H,12-18,20H2,1-11H3,(H,37,39)/b27-19-/t23?,26-,33-,34+,35-/m0/s1. The summed E-state index contributed by atoms with van der Waals surface area (Å²) < 4.78 is 0. The third kappa shape index (κ3) is 5.37. The van der Waals surface area contributed by atoms with Gasteiger partial charge >= 0.3 is 0 Å². The summed E-state index contributed by atoms with van der Waals surface area (Å²) in [6.07, 6.45) is 10.8. The molecule has 0 aromatic rings. The van der Waals surface area contributed by atoms with E-state index in [4.69, 9.17) is 0 Å². The minimum atomic E-state index is -0.686. The Morgan fingerprint density at radius 1 is 1.12 bits per heavy atom. The first-order valence-electron chi connectivity index (χ1n) is 15.4. The second kappa shape index (κ2) is 10.6. The number of nitrogens with zero attached hydrogens (tertiary/aromatic N) is 1. The molecule has 2 fully saturated rings. The van der Waals surface area contributed by atoms with Gasteiger partial charge in [0, 0.05) is 22.8 Å². The third-order valence-corrected chi connectivity index (χ3v) is 11.9. The van der Waals surface area contributed by atoms with Gasteiger partial charge in [-0.1, -0.05) is 80.9 Å². The van der Waals surface area contributed by atoms with E-state index in [2.05, 4.69) is 59.9 Å². The molecule has 1 N–H and O–H groups in total.